The first kappa shape index (κ1) is 10.6. The van der Waals surface area contributed by atoms with E-state index in [-0.39, 0.29) is 5.44 Å². The van der Waals surface area contributed by atoms with E-state index in [9.17, 15) is 0 Å². The molecule has 0 radical (unpaired) electrons. The number of hydrogen-bond acceptors (Lipinski definition) is 4. The molecule has 0 aromatic heterocycles. The molecule has 15 heavy (non-hydrogen) atoms. The lowest BCUT2D eigenvalue weighted by Crippen LogP contribution is -1.96. The van der Waals surface area contributed by atoms with Crippen LogP contribution >= 0.6 is 11.8 Å². The minimum atomic E-state index is -0.293. The summed E-state index contributed by atoms with van der Waals surface area (Å²) in [6.45, 7) is 2.10. The van der Waals surface area contributed by atoms with Crippen LogP contribution in [0.4, 0.5) is 0 Å². The molecular weight excluding hydrogens is 212 g/mol. The Bertz CT molecular complexity index is 339. The molecule has 1 unspecified atom stereocenters. The number of aryl methyl sites for hydroxylation is 1. The number of hydrogen-bond donors (Lipinski definition) is 1. The molecule has 2 rings (SSSR count). The molecule has 0 bridgehead atoms. The van der Waals surface area contributed by atoms with Gasteiger partial charge >= 0.3 is 0 Å². The van der Waals surface area contributed by atoms with E-state index in [2.05, 4.69) is 0 Å². The lowest BCUT2D eigenvalue weighted by Gasteiger charge is -2.04. The van der Waals surface area contributed by atoms with Crippen LogP contribution in [-0.2, 0) is 6.42 Å². The third-order valence-corrected chi connectivity index (χ3v) is 3.11. The highest BCUT2D eigenvalue weighted by atomic mass is 32.2. The first-order chi connectivity index (χ1) is 7.25. The highest BCUT2D eigenvalue weighted by Gasteiger charge is 2.12. The highest BCUT2D eigenvalue weighted by Crippen LogP contribution is 2.32. The zero-order chi connectivity index (χ0) is 10.7. The van der Waals surface area contributed by atoms with Crippen molar-refractivity contribution in [3.63, 3.8) is 0 Å². The Morgan fingerprint density at radius 3 is 3.00 bits per heavy atom. The summed E-state index contributed by atoms with van der Waals surface area (Å²) in [5.74, 6) is 2.56. The van der Waals surface area contributed by atoms with Gasteiger partial charge in [-0.1, -0.05) is 6.07 Å². The number of aliphatic hydroxyl groups is 1. The molecule has 82 valence electrons. The average molecular weight is 226 g/mol. The number of ether oxygens (including phenoxy) is 2. The maximum absolute atomic E-state index is 9.10. The topological polar surface area (TPSA) is 38.7 Å². The van der Waals surface area contributed by atoms with Crippen molar-refractivity contribution in [1.29, 1.82) is 0 Å². The van der Waals surface area contributed by atoms with Crippen LogP contribution in [0.2, 0.25) is 0 Å². The molecule has 0 saturated heterocycles. The Kier molecular flexibility index (Phi) is 3.38. The molecule has 0 saturated carbocycles. The fourth-order valence-corrected chi connectivity index (χ4v) is 2.14. The number of thioether (sulfide) groups is 1. The lowest BCUT2D eigenvalue weighted by atomic mass is 10.1. The first-order valence-electron chi connectivity index (χ1n) is 4.94. The molecule has 0 aliphatic carbocycles. The SMILES string of the molecule is CC(O)SCCc1ccc2c(c1)OCO2. The Labute approximate surface area is 93.4 Å². The normalized spacial score (nSPS) is 15.3. The molecule has 1 aliphatic rings. The quantitative estimate of drug-likeness (QED) is 0.797. The number of benzene rings is 1. The molecule has 1 heterocycles. The predicted molar refractivity (Wildman–Crippen MR) is 60.4 cm³/mol. The third kappa shape index (κ3) is 2.79. The smallest absolute Gasteiger partial charge is 0.231 e. The Morgan fingerprint density at radius 1 is 1.40 bits per heavy atom. The summed E-state index contributed by atoms with van der Waals surface area (Å²) >= 11 is 1.54. The minimum Gasteiger partial charge on any atom is -0.454 e. The average Bonchev–Trinajstić information content (AvgIpc) is 2.64. The Balaban J connectivity index is 1.92. The van der Waals surface area contributed by atoms with Crippen molar-refractivity contribution in [1.82, 2.24) is 0 Å². The van der Waals surface area contributed by atoms with Gasteiger partial charge in [-0.3, -0.25) is 0 Å². The van der Waals surface area contributed by atoms with Gasteiger partial charge in [-0.2, -0.15) is 0 Å². The maximum atomic E-state index is 9.10. The van der Waals surface area contributed by atoms with Gasteiger partial charge in [0, 0.05) is 0 Å². The predicted octanol–water partition coefficient (Wildman–Crippen LogP) is 2.03. The molecule has 1 atom stereocenters. The molecule has 3 nitrogen and oxygen atoms in total. The van der Waals surface area contributed by atoms with Crippen molar-refractivity contribution >= 4 is 11.8 Å². The summed E-state index contributed by atoms with van der Waals surface area (Å²) in [7, 11) is 0. The summed E-state index contributed by atoms with van der Waals surface area (Å²) in [6.07, 6.45) is 0.937. The second-order valence-corrected chi connectivity index (χ2v) is 4.83. The van der Waals surface area contributed by atoms with Crippen molar-refractivity contribution in [3.8, 4) is 11.5 Å². The fourth-order valence-electron chi connectivity index (χ4n) is 1.44. The van der Waals surface area contributed by atoms with Crippen LogP contribution in [0.1, 0.15) is 12.5 Å². The van der Waals surface area contributed by atoms with Crippen LogP contribution in [-0.4, -0.2) is 23.1 Å². The summed E-state index contributed by atoms with van der Waals surface area (Å²) in [6, 6.07) is 5.98. The molecule has 1 N–H and O–H groups in total. The van der Waals surface area contributed by atoms with Gasteiger partial charge in [0.2, 0.25) is 6.79 Å². The molecular formula is C11H14O3S. The van der Waals surface area contributed by atoms with Crippen LogP contribution in [0.5, 0.6) is 11.5 Å². The molecule has 0 fully saturated rings. The van der Waals surface area contributed by atoms with E-state index in [1.54, 1.807) is 18.7 Å². The summed E-state index contributed by atoms with van der Waals surface area (Å²) in [4.78, 5) is 0. The van der Waals surface area contributed by atoms with Crippen molar-refractivity contribution < 1.29 is 14.6 Å². The monoisotopic (exact) mass is 226 g/mol. The van der Waals surface area contributed by atoms with E-state index >= 15 is 0 Å². The number of fused-ring (bicyclic) bond motifs is 1. The van der Waals surface area contributed by atoms with Crippen LogP contribution in [0.3, 0.4) is 0 Å². The summed E-state index contributed by atoms with van der Waals surface area (Å²) in [5.41, 5.74) is 0.923. The van der Waals surface area contributed by atoms with Crippen LogP contribution in [0.25, 0.3) is 0 Å². The van der Waals surface area contributed by atoms with Crippen LogP contribution in [0, 0.1) is 0 Å². The van der Waals surface area contributed by atoms with Crippen LogP contribution < -0.4 is 9.47 Å². The third-order valence-electron chi connectivity index (χ3n) is 2.19. The van der Waals surface area contributed by atoms with Gasteiger partial charge in [0.25, 0.3) is 0 Å². The fraction of sp³-hybridized carbons (Fsp3) is 0.455. The molecule has 1 aliphatic heterocycles. The van der Waals surface area contributed by atoms with Gasteiger partial charge in [0.05, 0.1) is 5.44 Å². The zero-order valence-corrected chi connectivity index (χ0v) is 9.42. The molecule has 4 heteroatoms. The van der Waals surface area contributed by atoms with Gasteiger partial charge in [-0.25, -0.2) is 0 Å². The second kappa shape index (κ2) is 4.77. The van der Waals surface area contributed by atoms with Gasteiger partial charge in [-0.15, -0.1) is 11.8 Å². The molecule has 1 aromatic carbocycles. The number of rotatable bonds is 4. The second-order valence-electron chi connectivity index (χ2n) is 3.41. The van der Waals surface area contributed by atoms with E-state index in [4.69, 9.17) is 14.6 Å². The van der Waals surface area contributed by atoms with Crippen molar-refractivity contribution in [2.24, 2.45) is 0 Å². The molecule has 0 spiro atoms. The Morgan fingerprint density at radius 2 is 2.20 bits per heavy atom. The van der Waals surface area contributed by atoms with E-state index in [0.29, 0.717) is 6.79 Å². The van der Waals surface area contributed by atoms with Gasteiger partial charge in [0.15, 0.2) is 11.5 Å². The van der Waals surface area contributed by atoms with Gasteiger partial charge in [0.1, 0.15) is 0 Å². The largest absolute Gasteiger partial charge is 0.454 e. The van der Waals surface area contributed by atoms with Crippen molar-refractivity contribution in [3.05, 3.63) is 23.8 Å². The van der Waals surface area contributed by atoms with Crippen molar-refractivity contribution in [2.75, 3.05) is 12.5 Å². The lowest BCUT2D eigenvalue weighted by molar-refractivity contribution is 0.174. The zero-order valence-electron chi connectivity index (χ0n) is 8.60. The molecule has 0 amide bonds. The van der Waals surface area contributed by atoms with Crippen LogP contribution in [0.15, 0.2) is 18.2 Å². The van der Waals surface area contributed by atoms with Gasteiger partial charge < -0.3 is 14.6 Å². The highest BCUT2D eigenvalue weighted by molar-refractivity contribution is 7.99. The summed E-state index contributed by atoms with van der Waals surface area (Å²) in [5, 5.41) is 9.10. The van der Waals surface area contributed by atoms with Crippen molar-refractivity contribution in [2.45, 2.75) is 18.8 Å². The standard InChI is InChI=1S/C11H14O3S/c1-8(12)15-5-4-9-2-3-10-11(6-9)14-7-13-10/h2-3,6,8,12H,4-5,7H2,1H3. The maximum Gasteiger partial charge on any atom is 0.231 e. The Hall–Kier alpha value is -0.870. The van der Waals surface area contributed by atoms with E-state index in [1.165, 1.54) is 5.56 Å². The van der Waals surface area contributed by atoms with E-state index in [1.807, 2.05) is 18.2 Å². The number of aliphatic hydroxyl groups excluding tert-OH is 1. The van der Waals surface area contributed by atoms with E-state index < -0.39 is 0 Å². The van der Waals surface area contributed by atoms with E-state index in [0.717, 1.165) is 23.7 Å². The molecule has 1 aromatic rings. The summed E-state index contributed by atoms with van der Waals surface area (Å²) < 4.78 is 10.5. The first-order valence-corrected chi connectivity index (χ1v) is 5.99. The minimum absolute atomic E-state index is 0.293. The van der Waals surface area contributed by atoms with Gasteiger partial charge in [-0.05, 0) is 36.8 Å².